The Labute approximate surface area is 100 Å². The zero-order chi connectivity index (χ0) is 11.4. The molecule has 0 N–H and O–H groups in total. The number of hydrogen-bond acceptors (Lipinski definition) is 0. The van der Waals surface area contributed by atoms with Crippen LogP contribution < -0.4 is 0 Å². The molecule has 1 aliphatic rings. The van der Waals surface area contributed by atoms with Crippen molar-refractivity contribution in [3.63, 3.8) is 0 Å². The lowest BCUT2D eigenvalue weighted by atomic mass is 9.81. The van der Waals surface area contributed by atoms with E-state index >= 15 is 0 Å². The predicted octanol–water partition coefficient (Wildman–Crippen LogP) is 4.68. The van der Waals surface area contributed by atoms with Crippen LogP contribution in [0.15, 0.2) is 18.2 Å². The molecular formula is C16H24. The van der Waals surface area contributed by atoms with Crippen LogP contribution in [0.25, 0.3) is 0 Å². The highest BCUT2D eigenvalue weighted by molar-refractivity contribution is 5.33. The number of hydrogen-bond donors (Lipinski definition) is 0. The fraction of sp³-hybridized carbons (Fsp3) is 0.625. The SMILES string of the molecule is CCCCCC1CCc2cc(C)ccc2C1. The quantitative estimate of drug-likeness (QED) is 0.641. The standard InChI is InChI=1S/C16H24/c1-3-4-5-6-14-8-10-15-11-13(2)7-9-16(15)12-14/h7,9,11,14H,3-6,8,10,12H2,1-2H3. The minimum atomic E-state index is 0.960. The van der Waals surface area contributed by atoms with Gasteiger partial charge < -0.3 is 0 Å². The molecule has 0 spiro atoms. The molecule has 88 valence electrons. The first-order chi connectivity index (χ1) is 7.79. The average Bonchev–Trinajstić information content (AvgIpc) is 2.29. The van der Waals surface area contributed by atoms with E-state index in [0.717, 1.165) is 5.92 Å². The van der Waals surface area contributed by atoms with Gasteiger partial charge in [-0.1, -0.05) is 56.4 Å². The van der Waals surface area contributed by atoms with Crippen LogP contribution in [0.4, 0.5) is 0 Å². The highest BCUT2D eigenvalue weighted by Gasteiger charge is 2.17. The zero-order valence-electron chi connectivity index (χ0n) is 10.8. The van der Waals surface area contributed by atoms with Crippen molar-refractivity contribution in [2.75, 3.05) is 0 Å². The van der Waals surface area contributed by atoms with Gasteiger partial charge in [0.05, 0.1) is 0 Å². The van der Waals surface area contributed by atoms with Gasteiger partial charge in [-0.2, -0.15) is 0 Å². The summed E-state index contributed by atoms with van der Waals surface area (Å²) in [6, 6.07) is 7.02. The molecule has 0 amide bonds. The Bertz CT molecular complexity index is 338. The van der Waals surface area contributed by atoms with Crippen LogP contribution in [0.5, 0.6) is 0 Å². The molecule has 1 aromatic rings. The second-order valence-electron chi connectivity index (χ2n) is 5.38. The van der Waals surface area contributed by atoms with E-state index in [4.69, 9.17) is 0 Å². The largest absolute Gasteiger partial charge is 0.0654 e. The summed E-state index contributed by atoms with van der Waals surface area (Å²) in [4.78, 5) is 0. The maximum atomic E-state index is 2.39. The lowest BCUT2D eigenvalue weighted by molar-refractivity contribution is 0.408. The smallest absolute Gasteiger partial charge is 0.0248 e. The second kappa shape index (κ2) is 5.52. The molecule has 0 aromatic heterocycles. The average molecular weight is 216 g/mol. The maximum Gasteiger partial charge on any atom is -0.0248 e. The van der Waals surface area contributed by atoms with Crippen LogP contribution in [0, 0.1) is 12.8 Å². The van der Waals surface area contributed by atoms with E-state index in [2.05, 4.69) is 32.0 Å². The fourth-order valence-electron chi connectivity index (χ4n) is 2.89. The molecule has 16 heavy (non-hydrogen) atoms. The highest BCUT2D eigenvalue weighted by atomic mass is 14.2. The summed E-state index contributed by atoms with van der Waals surface area (Å²) in [6.45, 7) is 4.49. The summed E-state index contributed by atoms with van der Waals surface area (Å²) >= 11 is 0. The molecule has 0 radical (unpaired) electrons. The van der Waals surface area contributed by atoms with E-state index in [1.54, 1.807) is 11.1 Å². The van der Waals surface area contributed by atoms with Crippen LogP contribution >= 0.6 is 0 Å². The molecule has 0 heterocycles. The molecule has 1 unspecified atom stereocenters. The van der Waals surface area contributed by atoms with Gasteiger partial charge in [-0.15, -0.1) is 0 Å². The van der Waals surface area contributed by atoms with Crippen molar-refractivity contribution >= 4 is 0 Å². The van der Waals surface area contributed by atoms with Crippen molar-refractivity contribution < 1.29 is 0 Å². The summed E-state index contributed by atoms with van der Waals surface area (Å²) in [6.07, 6.45) is 9.70. The molecular weight excluding hydrogens is 192 g/mol. The Morgan fingerprint density at radius 3 is 2.88 bits per heavy atom. The predicted molar refractivity (Wildman–Crippen MR) is 70.8 cm³/mol. The number of rotatable bonds is 4. The monoisotopic (exact) mass is 216 g/mol. The van der Waals surface area contributed by atoms with Crippen molar-refractivity contribution in [1.82, 2.24) is 0 Å². The molecule has 0 saturated heterocycles. The van der Waals surface area contributed by atoms with Crippen LogP contribution in [-0.2, 0) is 12.8 Å². The van der Waals surface area contributed by atoms with Gasteiger partial charge in [-0.25, -0.2) is 0 Å². The molecule has 1 atom stereocenters. The first-order valence-electron chi connectivity index (χ1n) is 6.88. The molecule has 1 aromatic carbocycles. The zero-order valence-corrected chi connectivity index (χ0v) is 10.8. The van der Waals surface area contributed by atoms with Crippen LogP contribution in [0.3, 0.4) is 0 Å². The van der Waals surface area contributed by atoms with E-state index in [1.807, 2.05) is 0 Å². The minimum absolute atomic E-state index is 0.960. The summed E-state index contributed by atoms with van der Waals surface area (Å²) in [7, 11) is 0. The third kappa shape index (κ3) is 2.87. The summed E-state index contributed by atoms with van der Waals surface area (Å²) in [5.74, 6) is 0.960. The topological polar surface area (TPSA) is 0 Å². The molecule has 2 rings (SSSR count). The fourth-order valence-corrected chi connectivity index (χ4v) is 2.89. The molecule has 0 bridgehead atoms. The van der Waals surface area contributed by atoms with Crippen molar-refractivity contribution in [1.29, 1.82) is 0 Å². The molecule has 0 aliphatic heterocycles. The molecule has 0 nitrogen and oxygen atoms in total. The second-order valence-corrected chi connectivity index (χ2v) is 5.38. The van der Waals surface area contributed by atoms with E-state index in [0.29, 0.717) is 0 Å². The van der Waals surface area contributed by atoms with E-state index < -0.39 is 0 Å². The lowest BCUT2D eigenvalue weighted by Crippen LogP contribution is -2.14. The first kappa shape index (κ1) is 11.7. The number of unbranched alkanes of at least 4 members (excludes halogenated alkanes) is 2. The third-order valence-corrected chi connectivity index (χ3v) is 3.91. The first-order valence-corrected chi connectivity index (χ1v) is 6.88. The Balaban J connectivity index is 1.93. The number of benzene rings is 1. The van der Waals surface area contributed by atoms with E-state index in [9.17, 15) is 0 Å². The lowest BCUT2D eigenvalue weighted by Gasteiger charge is -2.24. The van der Waals surface area contributed by atoms with Crippen molar-refractivity contribution in [3.8, 4) is 0 Å². The van der Waals surface area contributed by atoms with E-state index in [-0.39, 0.29) is 0 Å². The van der Waals surface area contributed by atoms with Gasteiger partial charge in [0.2, 0.25) is 0 Å². The summed E-state index contributed by atoms with van der Waals surface area (Å²) in [5, 5.41) is 0. The van der Waals surface area contributed by atoms with Crippen molar-refractivity contribution in [2.45, 2.75) is 58.8 Å². The van der Waals surface area contributed by atoms with Crippen LogP contribution in [-0.4, -0.2) is 0 Å². The van der Waals surface area contributed by atoms with Gasteiger partial charge in [0, 0.05) is 0 Å². The van der Waals surface area contributed by atoms with Gasteiger partial charge in [0.25, 0.3) is 0 Å². The summed E-state index contributed by atoms with van der Waals surface area (Å²) in [5.41, 5.74) is 4.66. The normalized spacial score (nSPS) is 19.5. The highest BCUT2D eigenvalue weighted by Crippen LogP contribution is 2.29. The third-order valence-electron chi connectivity index (χ3n) is 3.91. The molecule has 0 saturated carbocycles. The Kier molecular flexibility index (Phi) is 4.04. The molecule has 0 fully saturated rings. The van der Waals surface area contributed by atoms with Gasteiger partial charge >= 0.3 is 0 Å². The van der Waals surface area contributed by atoms with E-state index in [1.165, 1.54) is 50.5 Å². The number of fused-ring (bicyclic) bond motifs is 1. The number of aryl methyl sites for hydroxylation is 2. The van der Waals surface area contributed by atoms with Gasteiger partial charge in [-0.05, 0) is 43.2 Å². The molecule has 1 aliphatic carbocycles. The minimum Gasteiger partial charge on any atom is -0.0654 e. The van der Waals surface area contributed by atoms with Crippen LogP contribution in [0.2, 0.25) is 0 Å². The Morgan fingerprint density at radius 2 is 2.06 bits per heavy atom. The molecule has 0 heteroatoms. The maximum absolute atomic E-state index is 2.39. The Hall–Kier alpha value is -0.780. The van der Waals surface area contributed by atoms with Crippen LogP contribution in [0.1, 0.15) is 55.7 Å². The summed E-state index contributed by atoms with van der Waals surface area (Å²) < 4.78 is 0. The van der Waals surface area contributed by atoms with Gasteiger partial charge in [-0.3, -0.25) is 0 Å². The van der Waals surface area contributed by atoms with Crippen molar-refractivity contribution in [2.24, 2.45) is 5.92 Å². The Morgan fingerprint density at radius 1 is 1.19 bits per heavy atom. The van der Waals surface area contributed by atoms with Crippen molar-refractivity contribution in [3.05, 3.63) is 34.9 Å². The van der Waals surface area contributed by atoms with Gasteiger partial charge in [0.15, 0.2) is 0 Å². The van der Waals surface area contributed by atoms with Gasteiger partial charge in [0.1, 0.15) is 0 Å².